The maximum absolute atomic E-state index is 13.2. The molecule has 224 valence electrons. The molecule has 2 rings (SSSR count). The maximum atomic E-state index is 13.2. The summed E-state index contributed by atoms with van der Waals surface area (Å²) in [5, 5.41) is 0. The number of carbonyl (C=O) groups is 4. The van der Waals surface area contributed by atoms with Crippen LogP contribution >= 0.6 is 0 Å². The zero-order valence-electron chi connectivity index (χ0n) is 24.9. The van der Waals surface area contributed by atoms with Gasteiger partial charge in [-0.2, -0.15) is 0 Å². The van der Waals surface area contributed by atoms with Crippen LogP contribution in [0.1, 0.15) is 119 Å². The third-order valence-corrected chi connectivity index (χ3v) is 6.49. The molecule has 0 bridgehead atoms. The molecule has 0 N–H and O–H groups in total. The van der Waals surface area contributed by atoms with Crippen LogP contribution in [0.4, 0.5) is 0 Å². The molecule has 0 saturated carbocycles. The molecule has 2 aromatic carbocycles. The molecule has 0 radical (unpaired) electrons. The van der Waals surface area contributed by atoms with E-state index in [1.54, 1.807) is 6.92 Å². The fourth-order valence-corrected chi connectivity index (χ4v) is 4.08. The van der Waals surface area contributed by atoms with E-state index in [2.05, 4.69) is 0 Å². The van der Waals surface area contributed by atoms with Gasteiger partial charge in [-0.05, 0) is 37.8 Å². The molecular formula is C33H44O8. The van der Waals surface area contributed by atoms with Gasteiger partial charge >= 0.3 is 23.9 Å². The largest absolute Gasteiger partial charge is 0.457 e. The number of ether oxygens (including phenoxy) is 4. The molecule has 0 aliphatic heterocycles. The summed E-state index contributed by atoms with van der Waals surface area (Å²) < 4.78 is 22.5. The summed E-state index contributed by atoms with van der Waals surface area (Å²) in [6, 6.07) is 10.5. The van der Waals surface area contributed by atoms with E-state index in [9.17, 15) is 19.2 Å². The average Bonchev–Trinajstić information content (AvgIpc) is 2.96. The molecule has 0 aliphatic rings. The van der Waals surface area contributed by atoms with E-state index in [1.807, 2.05) is 51.1 Å². The molecular weight excluding hydrogens is 524 g/mol. The Hall–Kier alpha value is -3.68. The smallest absolute Gasteiger partial charge is 0.339 e. The Kier molecular flexibility index (Phi) is 15.2. The van der Waals surface area contributed by atoms with Gasteiger partial charge in [0.1, 0.15) is 6.61 Å². The molecule has 0 spiro atoms. The summed E-state index contributed by atoms with van der Waals surface area (Å²) in [4.78, 5) is 51.5. The molecule has 8 heteroatoms. The van der Waals surface area contributed by atoms with Crippen molar-refractivity contribution >= 4 is 23.9 Å². The molecule has 0 heterocycles. The zero-order valence-corrected chi connectivity index (χ0v) is 24.9. The second-order valence-electron chi connectivity index (χ2n) is 10.1. The zero-order chi connectivity index (χ0) is 30.0. The Balaban J connectivity index is 2.50. The van der Waals surface area contributed by atoms with Gasteiger partial charge in [-0.1, -0.05) is 89.6 Å². The molecule has 0 unspecified atom stereocenters. The number of hydrogen-bond donors (Lipinski definition) is 0. The van der Waals surface area contributed by atoms with Gasteiger partial charge in [0.15, 0.2) is 11.5 Å². The van der Waals surface area contributed by atoms with Crippen molar-refractivity contribution in [2.45, 2.75) is 111 Å². The van der Waals surface area contributed by atoms with Crippen LogP contribution in [0.2, 0.25) is 0 Å². The lowest BCUT2D eigenvalue weighted by atomic mass is 10.1. The standard InChI is InChI=1S/C33H44O8/c1-5-8-12-19-28(34)39-27-22-26(33(37)38-23-25-17-15-11-16-18-25)24(4)31(40-29(35)20-13-9-6-2)32(27)41-30(36)21-14-10-7-3/h11,15-18,22H,5-10,12-14,19-21,23H2,1-4H3. The summed E-state index contributed by atoms with van der Waals surface area (Å²) in [5.74, 6) is -2.81. The van der Waals surface area contributed by atoms with Crippen LogP contribution in [-0.4, -0.2) is 23.9 Å². The van der Waals surface area contributed by atoms with Crippen molar-refractivity contribution in [3.05, 3.63) is 53.1 Å². The topological polar surface area (TPSA) is 105 Å². The number of esters is 4. The van der Waals surface area contributed by atoms with Gasteiger partial charge in [0.2, 0.25) is 5.75 Å². The minimum absolute atomic E-state index is 0.0194. The van der Waals surface area contributed by atoms with Gasteiger partial charge in [0, 0.05) is 24.8 Å². The minimum atomic E-state index is -0.696. The van der Waals surface area contributed by atoms with Crippen LogP contribution in [0, 0.1) is 6.92 Å². The normalized spacial score (nSPS) is 10.6. The van der Waals surface area contributed by atoms with Gasteiger partial charge in [-0.15, -0.1) is 0 Å². The van der Waals surface area contributed by atoms with E-state index in [-0.39, 0.29) is 54.2 Å². The molecule has 0 aliphatic carbocycles. The molecule has 0 saturated heterocycles. The molecule has 0 fully saturated rings. The highest BCUT2D eigenvalue weighted by Gasteiger charge is 2.28. The van der Waals surface area contributed by atoms with Crippen molar-refractivity contribution in [3.8, 4) is 17.2 Å². The van der Waals surface area contributed by atoms with E-state index >= 15 is 0 Å². The van der Waals surface area contributed by atoms with Crippen molar-refractivity contribution in [1.82, 2.24) is 0 Å². The van der Waals surface area contributed by atoms with Crippen LogP contribution in [0.3, 0.4) is 0 Å². The first-order chi connectivity index (χ1) is 19.8. The van der Waals surface area contributed by atoms with Crippen LogP contribution in [0.25, 0.3) is 0 Å². The Morgan fingerprint density at radius 2 is 1.12 bits per heavy atom. The number of carbonyl (C=O) groups excluding carboxylic acids is 4. The Morgan fingerprint density at radius 3 is 1.63 bits per heavy atom. The molecule has 0 amide bonds. The third-order valence-electron chi connectivity index (χ3n) is 6.49. The van der Waals surface area contributed by atoms with E-state index in [0.717, 1.165) is 44.1 Å². The average molecular weight is 569 g/mol. The summed E-state index contributed by atoms with van der Waals surface area (Å²) >= 11 is 0. The molecule has 2 aromatic rings. The first-order valence-electron chi connectivity index (χ1n) is 14.8. The lowest BCUT2D eigenvalue weighted by Crippen LogP contribution is -2.18. The van der Waals surface area contributed by atoms with Gasteiger partial charge in [-0.3, -0.25) is 14.4 Å². The molecule has 8 nitrogen and oxygen atoms in total. The highest BCUT2D eigenvalue weighted by atomic mass is 16.6. The highest BCUT2D eigenvalue weighted by molar-refractivity contribution is 5.94. The van der Waals surface area contributed by atoms with Gasteiger partial charge in [0.05, 0.1) is 5.56 Å². The monoisotopic (exact) mass is 568 g/mol. The fourth-order valence-electron chi connectivity index (χ4n) is 4.08. The van der Waals surface area contributed by atoms with E-state index in [1.165, 1.54) is 6.07 Å². The number of hydrogen-bond acceptors (Lipinski definition) is 8. The summed E-state index contributed by atoms with van der Waals surface area (Å²) in [6.45, 7) is 7.67. The van der Waals surface area contributed by atoms with E-state index < -0.39 is 23.9 Å². The van der Waals surface area contributed by atoms with Crippen molar-refractivity contribution in [3.63, 3.8) is 0 Å². The fraction of sp³-hybridized carbons (Fsp3) is 0.515. The van der Waals surface area contributed by atoms with Gasteiger partial charge in [0.25, 0.3) is 0 Å². The van der Waals surface area contributed by atoms with E-state index in [4.69, 9.17) is 18.9 Å². The quantitative estimate of drug-likeness (QED) is 0.102. The molecule has 41 heavy (non-hydrogen) atoms. The van der Waals surface area contributed by atoms with Gasteiger partial charge in [-0.25, -0.2) is 4.79 Å². The van der Waals surface area contributed by atoms with E-state index in [0.29, 0.717) is 19.3 Å². The second-order valence-corrected chi connectivity index (χ2v) is 10.1. The Bertz CT molecular complexity index is 1140. The summed E-state index contributed by atoms with van der Waals surface area (Å²) in [6.07, 6.45) is 7.61. The maximum Gasteiger partial charge on any atom is 0.339 e. The predicted molar refractivity (Wildman–Crippen MR) is 156 cm³/mol. The number of unbranched alkanes of at least 4 members (excludes halogenated alkanes) is 6. The van der Waals surface area contributed by atoms with Crippen molar-refractivity contribution < 1.29 is 38.1 Å². The SMILES string of the molecule is CCCCCC(=O)Oc1cc(C(=O)OCc2ccccc2)c(C)c(OC(=O)CCCCC)c1OC(=O)CCCCC. The Labute approximate surface area is 243 Å². The van der Waals surface area contributed by atoms with Crippen molar-refractivity contribution in [1.29, 1.82) is 0 Å². The predicted octanol–water partition coefficient (Wildman–Crippen LogP) is 7.81. The first-order valence-corrected chi connectivity index (χ1v) is 14.8. The lowest BCUT2D eigenvalue weighted by Gasteiger charge is -2.19. The molecule has 0 aromatic heterocycles. The van der Waals surface area contributed by atoms with Crippen LogP contribution < -0.4 is 14.2 Å². The number of benzene rings is 2. The van der Waals surface area contributed by atoms with Crippen molar-refractivity contribution in [2.24, 2.45) is 0 Å². The van der Waals surface area contributed by atoms with Crippen LogP contribution in [0.5, 0.6) is 17.2 Å². The lowest BCUT2D eigenvalue weighted by molar-refractivity contribution is -0.138. The summed E-state index contributed by atoms with van der Waals surface area (Å²) in [5.41, 5.74) is 1.08. The first kappa shape index (κ1) is 33.5. The minimum Gasteiger partial charge on any atom is -0.457 e. The van der Waals surface area contributed by atoms with Crippen LogP contribution in [0.15, 0.2) is 36.4 Å². The third kappa shape index (κ3) is 11.8. The van der Waals surface area contributed by atoms with Crippen molar-refractivity contribution in [2.75, 3.05) is 0 Å². The second kappa shape index (κ2) is 18.6. The summed E-state index contributed by atoms with van der Waals surface area (Å²) in [7, 11) is 0. The van der Waals surface area contributed by atoms with Crippen LogP contribution in [-0.2, 0) is 25.7 Å². The Morgan fingerprint density at radius 1 is 0.634 bits per heavy atom. The molecule has 0 atom stereocenters. The number of rotatable bonds is 18. The highest BCUT2D eigenvalue weighted by Crippen LogP contribution is 2.43. The van der Waals surface area contributed by atoms with Gasteiger partial charge < -0.3 is 18.9 Å².